The van der Waals surface area contributed by atoms with E-state index in [4.69, 9.17) is 5.26 Å². The summed E-state index contributed by atoms with van der Waals surface area (Å²) in [6.07, 6.45) is 1.86. The van der Waals surface area contributed by atoms with Crippen molar-refractivity contribution >= 4 is 24.4 Å². The maximum absolute atomic E-state index is 8.94. The van der Waals surface area contributed by atoms with E-state index in [1.165, 1.54) is 5.56 Å². The molecule has 2 aromatic carbocycles. The highest BCUT2D eigenvalue weighted by molar-refractivity contribution is 7.79. The number of hydrogen-bond acceptors (Lipinski definition) is 3. The number of nitrogens with one attached hydrogen (secondary N) is 1. The third-order valence-corrected chi connectivity index (χ3v) is 3.80. The molecular formula is C21H24N2S. The lowest BCUT2D eigenvalue weighted by molar-refractivity contribution is 1.39. The van der Waals surface area contributed by atoms with Crippen molar-refractivity contribution in [3.8, 4) is 6.07 Å². The first-order valence-electron chi connectivity index (χ1n) is 7.72. The van der Waals surface area contributed by atoms with Gasteiger partial charge in [0.25, 0.3) is 0 Å². The molecule has 0 saturated carbocycles. The third-order valence-electron chi connectivity index (χ3n) is 3.44. The molecule has 0 bridgehead atoms. The summed E-state index contributed by atoms with van der Waals surface area (Å²) in [5.74, 6) is 0.834. The molecule has 2 nitrogen and oxygen atoms in total. The Morgan fingerprint density at radius 3 is 2.33 bits per heavy atom. The molecule has 0 fully saturated rings. The molecule has 0 spiro atoms. The van der Waals surface area contributed by atoms with Crippen LogP contribution in [0.25, 0.3) is 6.08 Å². The average molecular weight is 337 g/mol. The van der Waals surface area contributed by atoms with Gasteiger partial charge < -0.3 is 5.32 Å². The summed E-state index contributed by atoms with van der Waals surface area (Å²) >= 11 is 4.11. The first-order valence-corrected chi connectivity index (χ1v) is 8.36. The summed E-state index contributed by atoms with van der Waals surface area (Å²) in [5, 5.41) is 12.0. The van der Waals surface area contributed by atoms with Gasteiger partial charge in [-0.05, 0) is 54.3 Å². The normalized spacial score (nSPS) is 10.2. The molecule has 0 saturated heterocycles. The molecule has 0 aliphatic rings. The molecule has 3 heteroatoms. The predicted octanol–water partition coefficient (Wildman–Crippen LogP) is 5.64. The lowest BCUT2D eigenvalue weighted by atomic mass is 10.0. The summed E-state index contributed by atoms with van der Waals surface area (Å²) in [7, 11) is 1.90. The highest BCUT2D eigenvalue weighted by atomic mass is 32.1. The van der Waals surface area contributed by atoms with E-state index in [1.54, 1.807) is 0 Å². The Morgan fingerprint density at radius 2 is 1.92 bits per heavy atom. The first kappa shape index (κ1) is 19.6. The monoisotopic (exact) mass is 336 g/mol. The van der Waals surface area contributed by atoms with Crippen molar-refractivity contribution in [1.82, 2.24) is 0 Å². The fourth-order valence-corrected chi connectivity index (χ4v) is 2.27. The standard InChI is InChI=1S/C14H16N2.C7H8S/c1-10(2)13(9-15)8-12-5-6-14(16-4)11(3)7-12;8-6-7-4-2-1-3-5-7/h5-8,16H,1H2,2-4H3;1-5,8H,6H2/b13-8+;. The Morgan fingerprint density at radius 1 is 1.25 bits per heavy atom. The van der Waals surface area contributed by atoms with Crippen LogP contribution in [0.15, 0.2) is 66.3 Å². The topological polar surface area (TPSA) is 35.8 Å². The minimum Gasteiger partial charge on any atom is -0.388 e. The van der Waals surface area contributed by atoms with Gasteiger partial charge in [0.15, 0.2) is 0 Å². The fourth-order valence-electron chi connectivity index (χ4n) is 2.06. The molecule has 0 radical (unpaired) electrons. The highest BCUT2D eigenvalue weighted by Crippen LogP contribution is 2.19. The minimum atomic E-state index is 0.622. The van der Waals surface area contributed by atoms with Crippen LogP contribution >= 0.6 is 12.6 Å². The minimum absolute atomic E-state index is 0.622. The summed E-state index contributed by atoms with van der Waals surface area (Å²) < 4.78 is 0. The Bertz CT molecular complexity index is 740. The number of rotatable bonds is 4. The van der Waals surface area contributed by atoms with Crippen molar-refractivity contribution in [3.63, 3.8) is 0 Å². The lowest BCUT2D eigenvalue weighted by Gasteiger charge is -2.06. The molecule has 0 atom stereocenters. The van der Waals surface area contributed by atoms with Crippen molar-refractivity contribution in [2.45, 2.75) is 19.6 Å². The second kappa shape index (κ2) is 10.4. The van der Waals surface area contributed by atoms with Gasteiger partial charge in [-0.2, -0.15) is 17.9 Å². The van der Waals surface area contributed by atoms with E-state index in [0.29, 0.717) is 5.57 Å². The number of nitriles is 1. The van der Waals surface area contributed by atoms with Crippen LogP contribution in [-0.2, 0) is 5.75 Å². The SMILES string of the molecule is C=C(C)/C(C#N)=C/c1ccc(NC)c(C)c1.SCc1ccccc1. The predicted molar refractivity (Wildman–Crippen MR) is 108 cm³/mol. The van der Waals surface area contributed by atoms with E-state index in [0.717, 1.165) is 28.1 Å². The zero-order valence-electron chi connectivity index (χ0n) is 14.5. The molecule has 0 aliphatic heterocycles. The van der Waals surface area contributed by atoms with E-state index >= 15 is 0 Å². The number of aryl methyl sites for hydroxylation is 1. The molecule has 1 N–H and O–H groups in total. The van der Waals surface area contributed by atoms with Crippen LogP contribution in [0.4, 0.5) is 5.69 Å². The zero-order valence-corrected chi connectivity index (χ0v) is 15.4. The number of hydrogen-bond donors (Lipinski definition) is 2. The van der Waals surface area contributed by atoms with E-state index < -0.39 is 0 Å². The smallest absolute Gasteiger partial charge is 0.0994 e. The Balaban J connectivity index is 0.000000300. The van der Waals surface area contributed by atoms with Crippen molar-refractivity contribution in [2.75, 3.05) is 12.4 Å². The van der Waals surface area contributed by atoms with Gasteiger partial charge in [-0.3, -0.25) is 0 Å². The molecule has 124 valence electrons. The van der Waals surface area contributed by atoms with Gasteiger partial charge in [0.1, 0.15) is 0 Å². The second-order valence-corrected chi connectivity index (χ2v) is 5.73. The van der Waals surface area contributed by atoms with Gasteiger partial charge in [-0.1, -0.05) is 43.0 Å². The number of allylic oxidation sites excluding steroid dienone is 2. The van der Waals surface area contributed by atoms with Crippen molar-refractivity contribution in [1.29, 1.82) is 5.26 Å². The maximum atomic E-state index is 8.94. The van der Waals surface area contributed by atoms with Crippen molar-refractivity contribution in [2.24, 2.45) is 0 Å². The summed E-state index contributed by atoms with van der Waals surface area (Å²) in [6.45, 7) is 7.65. The summed E-state index contributed by atoms with van der Waals surface area (Å²) in [5.41, 5.74) is 5.97. The maximum Gasteiger partial charge on any atom is 0.0994 e. The van der Waals surface area contributed by atoms with E-state index in [2.05, 4.69) is 42.7 Å². The number of benzene rings is 2. The van der Waals surface area contributed by atoms with E-state index in [1.807, 2.05) is 63.4 Å². The van der Waals surface area contributed by atoms with Gasteiger partial charge in [0.05, 0.1) is 11.6 Å². The fraction of sp³-hybridized carbons (Fsp3) is 0.190. The van der Waals surface area contributed by atoms with Gasteiger partial charge in [0, 0.05) is 18.5 Å². The molecule has 0 amide bonds. The molecule has 0 aromatic heterocycles. The Kier molecular flexibility index (Phi) is 8.46. The van der Waals surface area contributed by atoms with Crippen molar-refractivity contribution < 1.29 is 0 Å². The van der Waals surface area contributed by atoms with Crippen molar-refractivity contribution in [3.05, 3.63) is 82.9 Å². The second-order valence-electron chi connectivity index (χ2n) is 5.42. The van der Waals surface area contributed by atoms with Gasteiger partial charge in [-0.15, -0.1) is 0 Å². The largest absolute Gasteiger partial charge is 0.388 e. The summed E-state index contributed by atoms with van der Waals surface area (Å²) in [4.78, 5) is 0. The summed E-state index contributed by atoms with van der Waals surface area (Å²) in [6, 6.07) is 18.4. The van der Waals surface area contributed by atoms with Crippen LogP contribution in [-0.4, -0.2) is 7.05 Å². The van der Waals surface area contributed by atoms with Gasteiger partial charge >= 0.3 is 0 Å². The molecular weight excluding hydrogens is 312 g/mol. The number of nitrogens with zero attached hydrogens (tertiary/aromatic N) is 1. The van der Waals surface area contributed by atoms with Gasteiger partial charge in [-0.25, -0.2) is 0 Å². The molecule has 2 rings (SSSR count). The molecule has 24 heavy (non-hydrogen) atoms. The van der Waals surface area contributed by atoms with Crippen LogP contribution in [0.2, 0.25) is 0 Å². The van der Waals surface area contributed by atoms with Crippen LogP contribution in [0.3, 0.4) is 0 Å². The Labute approximate surface area is 150 Å². The Hall–Kier alpha value is -2.44. The zero-order chi connectivity index (χ0) is 17.9. The molecule has 0 heterocycles. The van der Waals surface area contributed by atoms with E-state index in [9.17, 15) is 0 Å². The van der Waals surface area contributed by atoms with Gasteiger partial charge in [0.2, 0.25) is 0 Å². The average Bonchev–Trinajstić information content (AvgIpc) is 2.60. The highest BCUT2D eigenvalue weighted by Gasteiger charge is 1.99. The van der Waals surface area contributed by atoms with Crippen LogP contribution in [0.1, 0.15) is 23.6 Å². The molecule has 2 aromatic rings. The number of thiol groups is 1. The van der Waals surface area contributed by atoms with E-state index in [-0.39, 0.29) is 0 Å². The van der Waals surface area contributed by atoms with Crippen LogP contribution in [0, 0.1) is 18.3 Å². The third kappa shape index (κ3) is 6.36. The van der Waals surface area contributed by atoms with Crippen LogP contribution in [0.5, 0.6) is 0 Å². The lowest BCUT2D eigenvalue weighted by Crippen LogP contribution is -1.91. The van der Waals surface area contributed by atoms with Crippen LogP contribution < -0.4 is 5.32 Å². The first-order chi connectivity index (χ1) is 11.5. The molecule has 0 aliphatic carbocycles. The quantitative estimate of drug-likeness (QED) is 0.431. The molecule has 0 unspecified atom stereocenters. The number of anilines is 1.